The van der Waals surface area contributed by atoms with Crippen LogP contribution >= 0.6 is 0 Å². The van der Waals surface area contributed by atoms with Crippen LogP contribution in [-0.2, 0) is 6.42 Å². The van der Waals surface area contributed by atoms with Gasteiger partial charge >= 0.3 is 0 Å². The molecule has 3 unspecified atom stereocenters. The predicted molar refractivity (Wildman–Crippen MR) is 87.9 cm³/mol. The second-order valence-electron chi connectivity index (χ2n) is 6.76. The van der Waals surface area contributed by atoms with Crippen LogP contribution in [-0.4, -0.2) is 12.1 Å². The molecule has 1 heteroatoms. The lowest BCUT2D eigenvalue weighted by Crippen LogP contribution is -2.46. The van der Waals surface area contributed by atoms with E-state index in [0.717, 1.165) is 17.9 Å². The van der Waals surface area contributed by atoms with Gasteiger partial charge in [-0.25, -0.2) is 0 Å². The second kappa shape index (κ2) is 7.83. The molecular weight excluding hydrogens is 242 g/mol. The topological polar surface area (TPSA) is 12.0 Å². The molecular formula is C19H31N. The fraction of sp³-hybridized carbons (Fsp3) is 0.684. The summed E-state index contributed by atoms with van der Waals surface area (Å²) in [5.74, 6) is 1.68. The first kappa shape index (κ1) is 15.6. The Kier molecular flexibility index (Phi) is 6.09. The van der Waals surface area contributed by atoms with Crippen molar-refractivity contribution < 1.29 is 0 Å². The molecule has 0 aromatic heterocycles. The Labute approximate surface area is 125 Å². The van der Waals surface area contributed by atoms with Crippen molar-refractivity contribution in [1.29, 1.82) is 0 Å². The van der Waals surface area contributed by atoms with Crippen LogP contribution < -0.4 is 5.32 Å². The molecule has 20 heavy (non-hydrogen) atoms. The van der Waals surface area contributed by atoms with Gasteiger partial charge in [0.1, 0.15) is 0 Å². The maximum atomic E-state index is 3.99. The summed E-state index contributed by atoms with van der Waals surface area (Å²) in [6.07, 6.45) is 8.00. The average Bonchev–Trinajstić information content (AvgIpc) is 2.48. The molecule has 0 saturated heterocycles. The van der Waals surface area contributed by atoms with Crippen molar-refractivity contribution >= 4 is 0 Å². The van der Waals surface area contributed by atoms with E-state index in [2.05, 4.69) is 56.4 Å². The molecule has 1 aromatic carbocycles. The largest absolute Gasteiger partial charge is 0.311 e. The van der Waals surface area contributed by atoms with Crippen LogP contribution in [0.5, 0.6) is 0 Å². The molecule has 0 spiro atoms. The number of rotatable bonds is 6. The highest BCUT2D eigenvalue weighted by atomic mass is 15.0. The van der Waals surface area contributed by atoms with Crippen LogP contribution in [0.2, 0.25) is 0 Å². The first-order valence-corrected chi connectivity index (χ1v) is 8.50. The maximum absolute atomic E-state index is 3.99. The van der Waals surface area contributed by atoms with Crippen LogP contribution in [0.25, 0.3) is 0 Å². The van der Waals surface area contributed by atoms with Crippen molar-refractivity contribution in [2.24, 2.45) is 11.8 Å². The lowest BCUT2D eigenvalue weighted by Gasteiger charge is -2.37. The maximum Gasteiger partial charge on any atom is 0.0108 e. The zero-order chi connectivity index (χ0) is 14.4. The van der Waals surface area contributed by atoms with E-state index in [1.54, 1.807) is 0 Å². The van der Waals surface area contributed by atoms with Crippen molar-refractivity contribution in [2.75, 3.05) is 0 Å². The molecule has 0 aliphatic heterocycles. The minimum atomic E-state index is 0.627. The molecule has 0 radical (unpaired) electrons. The molecule has 1 fully saturated rings. The Morgan fingerprint density at radius 3 is 2.45 bits per heavy atom. The Balaban J connectivity index is 1.94. The van der Waals surface area contributed by atoms with E-state index in [9.17, 15) is 0 Å². The van der Waals surface area contributed by atoms with Gasteiger partial charge < -0.3 is 5.32 Å². The fourth-order valence-electron chi connectivity index (χ4n) is 3.69. The van der Waals surface area contributed by atoms with Gasteiger partial charge in [0.2, 0.25) is 0 Å². The molecule has 1 N–H and O–H groups in total. The van der Waals surface area contributed by atoms with Gasteiger partial charge in [-0.3, -0.25) is 0 Å². The summed E-state index contributed by atoms with van der Waals surface area (Å²) in [5.41, 5.74) is 1.46. The van der Waals surface area contributed by atoms with Gasteiger partial charge in [-0.15, -0.1) is 0 Å². The molecule has 0 heterocycles. The van der Waals surface area contributed by atoms with Gasteiger partial charge in [0, 0.05) is 12.1 Å². The van der Waals surface area contributed by atoms with Crippen molar-refractivity contribution in [1.82, 2.24) is 5.32 Å². The number of nitrogens with one attached hydrogen (secondary N) is 1. The lowest BCUT2D eigenvalue weighted by molar-refractivity contribution is 0.190. The van der Waals surface area contributed by atoms with E-state index in [-0.39, 0.29) is 0 Å². The third-order valence-electron chi connectivity index (χ3n) is 4.94. The van der Waals surface area contributed by atoms with Gasteiger partial charge in [0.25, 0.3) is 0 Å². The molecule has 1 aromatic rings. The number of hydrogen-bond donors (Lipinski definition) is 1. The van der Waals surface area contributed by atoms with Crippen molar-refractivity contribution in [3.63, 3.8) is 0 Å². The summed E-state index contributed by atoms with van der Waals surface area (Å²) in [6, 6.07) is 12.3. The number of benzene rings is 1. The van der Waals surface area contributed by atoms with Gasteiger partial charge in [-0.1, -0.05) is 63.9 Å². The van der Waals surface area contributed by atoms with Crippen LogP contribution in [0.15, 0.2) is 30.3 Å². The molecule has 0 bridgehead atoms. The molecule has 1 aliphatic rings. The van der Waals surface area contributed by atoms with E-state index in [1.165, 1.54) is 44.1 Å². The van der Waals surface area contributed by atoms with Gasteiger partial charge in [-0.2, -0.15) is 0 Å². The Morgan fingerprint density at radius 2 is 1.80 bits per heavy atom. The highest BCUT2D eigenvalue weighted by Crippen LogP contribution is 2.30. The highest BCUT2D eigenvalue weighted by Gasteiger charge is 2.28. The summed E-state index contributed by atoms with van der Waals surface area (Å²) < 4.78 is 0. The molecule has 3 atom stereocenters. The first-order valence-electron chi connectivity index (χ1n) is 8.50. The van der Waals surface area contributed by atoms with E-state index < -0.39 is 0 Å². The minimum absolute atomic E-state index is 0.627. The van der Waals surface area contributed by atoms with Crippen LogP contribution in [0.3, 0.4) is 0 Å². The normalized spacial score (nSPS) is 24.8. The third-order valence-corrected chi connectivity index (χ3v) is 4.94. The van der Waals surface area contributed by atoms with E-state index in [4.69, 9.17) is 0 Å². The zero-order valence-electron chi connectivity index (χ0n) is 13.4. The number of hydrogen-bond acceptors (Lipinski definition) is 1. The highest BCUT2D eigenvalue weighted by molar-refractivity contribution is 5.16. The van der Waals surface area contributed by atoms with Gasteiger partial charge in [-0.05, 0) is 43.1 Å². The summed E-state index contributed by atoms with van der Waals surface area (Å²) in [6.45, 7) is 7.10. The summed E-state index contributed by atoms with van der Waals surface area (Å²) in [5, 5.41) is 3.99. The quantitative estimate of drug-likeness (QED) is 0.784. The Bertz CT molecular complexity index is 371. The van der Waals surface area contributed by atoms with Crippen molar-refractivity contribution in [3.05, 3.63) is 35.9 Å². The molecule has 112 valence electrons. The average molecular weight is 273 g/mol. The van der Waals surface area contributed by atoms with E-state index >= 15 is 0 Å². The third kappa shape index (κ3) is 4.34. The van der Waals surface area contributed by atoms with Crippen LogP contribution in [0.1, 0.15) is 58.4 Å². The van der Waals surface area contributed by atoms with Crippen LogP contribution in [0.4, 0.5) is 0 Å². The molecule has 1 saturated carbocycles. The molecule has 1 aliphatic carbocycles. The summed E-state index contributed by atoms with van der Waals surface area (Å²) in [4.78, 5) is 0. The SMILES string of the molecule is CCC(Cc1ccccc1)NC1CCCCC1C(C)C. The Hall–Kier alpha value is -0.820. The van der Waals surface area contributed by atoms with Gasteiger partial charge in [0.05, 0.1) is 0 Å². The van der Waals surface area contributed by atoms with Gasteiger partial charge in [0.15, 0.2) is 0 Å². The lowest BCUT2D eigenvalue weighted by atomic mass is 9.77. The second-order valence-corrected chi connectivity index (χ2v) is 6.76. The van der Waals surface area contributed by atoms with E-state index in [1.807, 2.05) is 0 Å². The Morgan fingerprint density at radius 1 is 1.10 bits per heavy atom. The molecule has 0 amide bonds. The zero-order valence-corrected chi connectivity index (χ0v) is 13.4. The predicted octanol–water partition coefficient (Wildman–Crippen LogP) is 4.81. The van der Waals surface area contributed by atoms with E-state index in [0.29, 0.717) is 6.04 Å². The molecule has 2 rings (SSSR count). The smallest absolute Gasteiger partial charge is 0.0108 e. The first-order chi connectivity index (χ1) is 9.70. The summed E-state index contributed by atoms with van der Waals surface area (Å²) >= 11 is 0. The van der Waals surface area contributed by atoms with Crippen LogP contribution in [0, 0.1) is 11.8 Å². The molecule has 1 nitrogen and oxygen atoms in total. The minimum Gasteiger partial charge on any atom is -0.311 e. The van der Waals surface area contributed by atoms with Crippen molar-refractivity contribution in [2.45, 2.75) is 71.4 Å². The van der Waals surface area contributed by atoms with Crippen molar-refractivity contribution in [3.8, 4) is 0 Å². The monoisotopic (exact) mass is 273 g/mol. The standard InChI is InChI=1S/C19H31N/c1-4-17(14-16-10-6-5-7-11-16)20-19-13-9-8-12-18(19)15(2)3/h5-7,10-11,15,17-20H,4,8-9,12-14H2,1-3H3. The summed E-state index contributed by atoms with van der Waals surface area (Å²) in [7, 11) is 0. The fourth-order valence-corrected chi connectivity index (χ4v) is 3.69.